The molecule has 1 N–H and O–H groups in total. The number of ether oxygens (including phenoxy) is 1. The van der Waals surface area contributed by atoms with E-state index in [9.17, 15) is 18.0 Å². The van der Waals surface area contributed by atoms with Crippen molar-refractivity contribution in [2.45, 2.75) is 20.8 Å². The lowest BCUT2D eigenvalue weighted by Gasteiger charge is -2.17. The first-order valence-corrected chi connectivity index (χ1v) is 10.3. The Balaban J connectivity index is 1.85. The SMILES string of the molecule is COc1ccc(C)cc1NC(=O)c1ccc(N2C(=O)C(C)(C)CS2(=O)=O)cc1. The molecule has 0 spiro atoms. The van der Waals surface area contributed by atoms with Crippen molar-refractivity contribution in [1.29, 1.82) is 0 Å². The van der Waals surface area contributed by atoms with E-state index in [0.717, 1.165) is 9.87 Å². The van der Waals surface area contributed by atoms with Gasteiger partial charge in [-0.3, -0.25) is 9.59 Å². The molecule has 148 valence electrons. The molecule has 0 bridgehead atoms. The third-order valence-electron chi connectivity index (χ3n) is 4.55. The number of carbonyl (C=O) groups excluding carboxylic acids is 2. The van der Waals surface area contributed by atoms with Crippen LogP contribution in [0, 0.1) is 12.3 Å². The summed E-state index contributed by atoms with van der Waals surface area (Å²) in [7, 11) is -2.21. The predicted molar refractivity (Wildman–Crippen MR) is 107 cm³/mol. The Hall–Kier alpha value is -2.87. The van der Waals surface area contributed by atoms with Gasteiger partial charge in [0.15, 0.2) is 0 Å². The molecule has 3 rings (SSSR count). The molecule has 28 heavy (non-hydrogen) atoms. The molecule has 0 atom stereocenters. The third kappa shape index (κ3) is 3.60. The van der Waals surface area contributed by atoms with Gasteiger partial charge in [0, 0.05) is 5.56 Å². The highest BCUT2D eigenvalue weighted by Gasteiger charge is 2.49. The maximum atomic E-state index is 12.6. The average molecular weight is 402 g/mol. The first-order valence-electron chi connectivity index (χ1n) is 8.69. The molecule has 0 unspecified atom stereocenters. The lowest BCUT2D eigenvalue weighted by atomic mass is 9.95. The Morgan fingerprint density at radius 3 is 2.32 bits per heavy atom. The van der Waals surface area contributed by atoms with Crippen molar-refractivity contribution in [1.82, 2.24) is 0 Å². The van der Waals surface area contributed by atoms with Gasteiger partial charge in [-0.2, -0.15) is 0 Å². The molecule has 2 aromatic rings. The smallest absolute Gasteiger partial charge is 0.255 e. The number of sulfonamides is 1. The fourth-order valence-corrected chi connectivity index (χ4v) is 5.23. The predicted octanol–water partition coefficient (Wildman–Crippen LogP) is 2.96. The number of nitrogens with one attached hydrogen (secondary N) is 1. The monoisotopic (exact) mass is 402 g/mol. The van der Waals surface area contributed by atoms with Crippen molar-refractivity contribution in [3.63, 3.8) is 0 Å². The normalized spacial score (nSPS) is 17.4. The molecule has 0 aliphatic carbocycles. The molecule has 8 heteroatoms. The zero-order valence-electron chi connectivity index (χ0n) is 16.1. The summed E-state index contributed by atoms with van der Waals surface area (Å²) < 4.78 is 30.8. The third-order valence-corrected chi connectivity index (χ3v) is 6.57. The van der Waals surface area contributed by atoms with E-state index >= 15 is 0 Å². The van der Waals surface area contributed by atoms with Crippen LogP contribution < -0.4 is 14.4 Å². The Kier molecular flexibility index (Phi) is 4.93. The molecule has 1 heterocycles. The Morgan fingerprint density at radius 2 is 1.79 bits per heavy atom. The molecule has 7 nitrogen and oxygen atoms in total. The lowest BCUT2D eigenvalue weighted by Crippen LogP contribution is -2.32. The minimum Gasteiger partial charge on any atom is -0.495 e. The topological polar surface area (TPSA) is 92.8 Å². The zero-order chi connectivity index (χ0) is 20.7. The van der Waals surface area contributed by atoms with Gasteiger partial charge in [0.1, 0.15) is 5.75 Å². The van der Waals surface area contributed by atoms with E-state index in [4.69, 9.17) is 4.74 Å². The number of aryl methyl sites for hydroxylation is 1. The van der Waals surface area contributed by atoms with Crippen LogP contribution in [0.5, 0.6) is 5.75 Å². The van der Waals surface area contributed by atoms with Crippen molar-refractivity contribution in [2.24, 2.45) is 5.41 Å². The molecule has 2 amide bonds. The second-order valence-electron chi connectivity index (χ2n) is 7.41. The van der Waals surface area contributed by atoms with Crippen LogP contribution in [0.4, 0.5) is 11.4 Å². The number of carbonyl (C=O) groups is 2. The molecule has 1 aliphatic rings. The number of benzene rings is 2. The van der Waals surface area contributed by atoms with Crippen LogP contribution in [0.15, 0.2) is 42.5 Å². The van der Waals surface area contributed by atoms with Crippen molar-refractivity contribution in [3.05, 3.63) is 53.6 Å². The second kappa shape index (κ2) is 6.94. The van der Waals surface area contributed by atoms with Crippen LogP contribution in [0.25, 0.3) is 0 Å². The van der Waals surface area contributed by atoms with Crippen LogP contribution in [0.2, 0.25) is 0 Å². The molecule has 0 aromatic heterocycles. The Labute approximate surface area is 164 Å². The molecular formula is C20H22N2O5S. The number of rotatable bonds is 4. The van der Waals surface area contributed by atoms with Crippen LogP contribution in [-0.2, 0) is 14.8 Å². The number of methoxy groups -OCH3 is 1. The summed E-state index contributed by atoms with van der Waals surface area (Å²) in [6.45, 7) is 5.10. The van der Waals surface area contributed by atoms with Crippen LogP contribution in [-0.4, -0.2) is 33.1 Å². The van der Waals surface area contributed by atoms with E-state index in [1.165, 1.54) is 31.4 Å². The highest BCUT2D eigenvalue weighted by Crippen LogP contribution is 2.35. The highest BCUT2D eigenvalue weighted by atomic mass is 32.2. The Morgan fingerprint density at radius 1 is 1.14 bits per heavy atom. The Bertz CT molecular complexity index is 1040. The largest absolute Gasteiger partial charge is 0.495 e. The zero-order valence-corrected chi connectivity index (χ0v) is 17.0. The van der Waals surface area contributed by atoms with Gasteiger partial charge < -0.3 is 10.1 Å². The number of nitrogens with zero attached hydrogens (tertiary/aromatic N) is 1. The highest BCUT2D eigenvalue weighted by molar-refractivity contribution is 7.94. The summed E-state index contributed by atoms with van der Waals surface area (Å²) in [6.07, 6.45) is 0. The van der Waals surface area contributed by atoms with E-state index in [-0.39, 0.29) is 17.3 Å². The fraction of sp³-hybridized carbons (Fsp3) is 0.300. The van der Waals surface area contributed by atoms with Gasteiger partial charge in [0.25, 0.3) is 5.91 Å². The van der Waals surface area contributed by atoms with Crippen molar-refractivity contribution >= 4 is 33.2 Å². The summed E-state index contributed by atoms with van der Waals surface area (Å²) in [5.41, 5.74) is 1.08. The maximum absolute atomic E-state index is 12.6. The maximum Gasteiger partial charge on any atom is 0.255 e. The summed E-state index contributed by atoms with van der Waals surface area (Å²) in [5, 5.41) is 2.78. The van der Waals surface area contributed by atoms with Crippen molar-refractivity contribution in [3.8, 4) is 5.75 Å². The number of hydrogen-bond donors (Lipinski definition) is 1. The average Bonchev–Trinajstić information content (AvgIpc) is 2.78. The molecule has 2 aromatic carbocycles. The van der Waals surface area contributed by atoms with Crippen LogP contribution >= 0.6 is 0 Å². The van der Waals surface area contributed by atoms with Crippen molar-refractivity contribution in [2.75, 3.05) is 22.5 Å². The van der Waals surface area contributed by atoms with E-state index in [2.05, 4.69) is 5.32 Å². The lowest BCUT2D eigenvalue weighted by molar-refractivity contribution is -0.123. The number of hydrogen-bond acceptors (Lipinski definition) is 5. The van der Waals surface area contributed by atoms with Gasteiger partial charge in [-0.1, -0.05) is 6.07 Å². The second-order valence-corrected chi connectivity index (χ2v) is 9.23. The van der Waals surface area contributed by atoms with Crippen LogP contribution in [0.1, 0.15) is 29.8 Å². The van der Waals surface area contributed by atoms with Gasteiger partial charge in [-0.05, 0) is 62.7 Å². The van der Waals surface area contributed by atoms with Gasteiger partial charge >= 0.3 is 0 Å². The summed E-state index contributed by atoms with van der Waals surface area (Å²) in [4.78, 5) is 25.0. The minimum atomic E-state index is -3.73. The molecule has 0 radical (unpaired) electrons. The standard InChI is InChI=1S/C20H22N2O5S/c1-13-5-10-17(27-4)16(11-13)21-18(23)14-6-8-15(9-7-14)22-19(24)20(2,3)12-28(22,25)26/h5-11H,12H2,1-4H3,(H,21,23). The van der Waals surface area contributed by atoms with Crippen LogP contribution in [0.3, 0.4) is 0 Å². The van der Waals surface area contributed by atoms with E-state index in [0.29, 0.717) is 17.0 Å². The summed E-state index contributed by atoms with van der Waals surface area (Å²) >= 11 is 0. The van der Waals surface area contributed by atoms with Gasteiger partial charge in [0.05, 0.1) is 29.7 Å². The first kappa shape index (κ1) is 19.9. The number of amides is 2. The first-order chi connectivity index (χ1) is 13.0. The molecular weight excluding hydrogens is 380 g/mol. The summed E-state index contributed by atoms with van der Waals surface area (Å²) in [5.74, 6) is -0.555. The quantitative estimate of drug-likeness (QED) is 0.849. The fourth-order valence-electron chi connectivity index (χ4n) is 3.12. The molecule has 0 saturated carbocycles. The minimum absolute atomic E-state index is 0.222. The van der Waals surface area contributed by atoms with Gasteiger partial charge in [0.2, 0.25) is 15.9 Å². The van der Waals surface area contributed by atoms with E-state index < -0.39 is 21.3 Å². The molecule has 1 saturated heterocycles. The van der Waals surface area contributed by atoms with Gasteiger partial charge in [-0.15, -0.1) is 0 Å². The summed E-state index contributed by atoms with van der Waals surface area (Å²) in [6, 6.07) is 11.3. The van der Waals surface area contributed by atoms with Gasteiger partial charge in [-0.25, -0.2) is 12.7 Å². The number of anilines is 2. The van der Waals surface area contributed by atoms with E-state index in [1.807, 2.05) is 13.0 Å². The van der Waals surface area contributed by atoms with E-state index in [1.54, 1.807) is 26.0 Å². The molecule has 1 aliphatic heterocycles. The molecule has 1 fully saturated rings. The van der Waals surface area contributed by atoms with Crippen molar-refractivity contribution < 1.29 is 22.7 Å².